The van der Waals surface area contributed by atoms with E-state index < -0.39 is 0 Å². The number of rotatable bonds is 7. The predicted octanol–water partition coefficient (Wildman–Crippen LogP) is 3.03. The van der Waals surface area contributed by atoms with Crippen LogP contribution in [0.2, 0.25) is 0 Å². The standard InChI is InChI=1S/C19H20N2O3/c1-3-7-17(14-10-12-16(13-11-14)19(23)24-2)20-21-18(22)15-8-5-4-6-9-15/h3-6,8-13,17,20H,1,7H2,2H3,(H,21,22). The molecule has 2 N–H and O–H groups in total. The van der Waals surface area contributed by atoms with Crippen molar-refractivity contribution in [1.29, 1.82) is 0 Å². The number of hydrazine groups is 1. The first-order valence-corrected chi connectivity index (χ1v) is 7.55. The Kier molecular flexibility index (Phi) is 6.28. The summed E-state index contributed by atoms with van der Waals surface area (Å²) in [5, 5.41) is 0. The van der Waals surface area contributed by atoms with Gasteiger partial charge in [0.05, 0.1) is 18.7 Å². The highest BCUT2D eigenvalue weighted by Gasteiger charge is 2.13. The summed E-state index contributed by atoms with van der Waals surface area (Å²) in [6.45, 7) is 3.74. The fourth-order valence-corrected chi connectivity index (χ4v) is 2.23. The number of ether oxygens (including phenoxy) is 1. The van der Waals surface area contributed by atoms with Crippen molar-refractivity contribution < 1.29 is 14.3 Å². The Hall–Kier alpha value is -2.92. The topological polar surface area (TPSA) is 67.4 Å². The average molecular weight is 324 g/mol. The molecule has 2 rings (SSSR count). The first kappa shape index (κ1) is 17.4. The lowest BCUT2D eigenvalue weighted by Gasteiger charge is -2.18. The lowest BCUT2D eigenvalue weighted by Crippen LogP contribution is -2.39. The van der Waals surface area contributed by atoms with Crippen LogP contribution < -0.4 is 10.9 Å². The first-order chi connectivity index (χ1) is 11.7. The van der Waals surface area contributed by atoms with Gasteiger partial charge in [0.2, 0.25) is 0 Å². The number of carbonyl (C=O) groups is 2. The summed E-state index contributed by atoms with van der Waals surface area (Å²) in [6.07, 6.45) is 2.38. The Balaban J connectivity index is 2.05. The van der Waals surface area contributed by atoms with Crippen molar-refractivity contribution in [2.24, 2.45) is 0 Å². The summed E-state index contributed by atoms with van der Waals surface area (Å²) in [7, 11) is 1.34. The van der Waals surface area contributed by atoms with Gasteiger partial charge in [0.25, 0.3) is 5.91 Å². The Morgan fingerprint density at radius 3 is 2.33 bits per heavy atom. The second-order valence-corrected chi connectivity index (χ2v) is 5.16. The molecule has 0 bridgehead atoms. The summed E-state index contributed by atoms with van der Waals surface area (Å²) in [6, 6.07) is 15.8. The molecule has 0 aliphatic rings. The Morgan fingerprint density at radius 1 is 1.08 bits per heavy atom. The normalized spacial score (nSPS) is 11.4. The maximum atomic E-state index is 12.1. The van der Waals surface area contributed by atoms with Crippen LogP contribution in [0.15, 0.2) is 67.3 Å². The molecule has 0 saturated carbocycles. The summed E-state index contributed by atoms with van der Waals surface area (Å²) in [5.41, 5.74) is 7.69. The van der Waals surface area contributed by atoms with Gasteiger partial charge in [0, 0.05) is 5.56 Å². The second kappa shape index (κ2) is 8.64. The van der Waals surface area contributed by atoms with Crippen LogP contribution in [0.25, 0.3) is 0 Å². The molecule has 0 radical (unpaired) electrons. The molecule has 0 aliphatic carbocycles. The summed E-state index contributed by atoms with van der Waals surface area (Å²) >= 11 is 0. The van der Waals surface area contributed by atoms with E-state index in [-0.39, 0.29) is 17.9 Å². The van der Waals surface area contributed by atoms with E-state index in [2.05, 4.69) is 22.2 Å². The minimum atomic E-state index is -0.382. The summed E-state index contributed by atoms with van der Waals surface area (Å²) < 4.78 is 4.68. The van der Waals surface area contributed by atoms with Crippen molar-refractivity contribution >= 4 is 11.9 Å². The van der Waals surface area contributed by atoms with Crippen molar-refractivity contribution in [3.63, 3.8) is 0 Å². The zero-order chi connectivity index (χ0) is 17.4. The van der Waals surface area contributed by atoms with Gasteiger partial charge in [-0.3, -0.25) is 10.2 Å². The highest BCUT2D eigenvalue weighted by Crippen LogP contribution is 2.17. The maximum Gasteiger partial charge on any atom is 0.337 e. The monoisotopic (exact) mass is 324 g/mol. The fourth-order valence-electron chi connectivity index (χ4n) is 2.23. The van der Waals surface area contributed by atoms with E-state index in [0.29, 0.717) is 17.5 Å². The van der Waals surface area contributed by atoms with Crippen LogP contribution in [-0.2, 0) is 4.74 Å². The molecule has 2 aromatic carbocycles. The number of carbonyl (C=O) groups excluding carboxylic acids is 2. The molecule has 2 aromatic rings. The molecule has 1 atom stereocenters. The van der Waals surface area contributed by atoms with Gasteiger partial charge in [-0.2, -0.15) is 0 Å². The minimum Gasteiger partial charge on any atom is -0.465 e. The molecule has 0 saturated heterocycles. The van der Waals surface area contributed by atoms with Crippen molar-refractivity contribution in [2.75, 3.05) is 7.11 Å². The zero-order valence-electron chi connectivity index (χ0n) is 13.5. The zero-order valence-corrected chi connectivity index (χ0v) is 13.5. The van der Waals surface area contributed by atoms with Gasteiger partial charge in [0.15, 0.2) is 0 Å². The molecule has 124 valence electrons. The van der Waals surface area contributed by atoms with E-state index in [4.69, 9.17) is 0 Å². The Morgan fingerprint density at radius 2 is 1.75 bits per heavy atom. The van der Waals surface area contributed by atoms with Gasteiger partial charge >= 0.3 is 5.97 Å². The number of benzene rings is 2. The molecule has 5 heteroatoms. The quantitative estimate of drug-likeness (QED) is 0.467. The maximum absolute atomic E-state index is 12.1. The molecule has 5 nitrogen and oxygen atoms in total. The Bertz CT molecular complexity index is 696. The number of nitrogens with one attached hydrogen (secondary N) is 2. The van der Waals surface area contributed by atoms with E-state index in [1.807, 2.05) is 30.3 Å². The van der Waals surface area contributed by atoms with Gasteiger partial charge in [-0.25, -0.2) is 10.2 Å². The van der Waals surface area contributed by atoms with Crippen LogP contribution in [0.5, 0.6) is 0 Å². The van der Waals surface area contributed by atoms with Crippen molar-refractivity contribution in [2.45, 2.75) is 12.5 Å². The molecular weight excluding hydrogens is 304 g/mol. The number of hydrogen-bond acceptors (Lipinski definition) is 4. The van der Waals surface area contributed by atoms with Crippen LogP contribution in [0, 0.1) is 0 Å². The highest BCUT2D eigenvalue weighted by molar-refractivity contribution is 5.93. The second-order valence-electron chi connectivity index (χ2n) is 5.16. The van der Waals surface area contributed by atoms with Gasteiger partial charge in [-0.15, -0.1) is 6.58 Å². The third kappa shape index (κ3) is 4.54. The van der Waals surface area contributed by atoms with Crippen LogP contribution in [0.3, 0.4) is 0 Å². The van der Waals surface area contributed by atoms with Crippen molar-refractivity contribution in [1.82, 2.24) is 10.9 Å². The van der Waals surface area contributed by atoms with E-state index in [9.17, 15) is 9.59 Å². The molecular formula is C19H20N2O3. The highest BCUT2D eigenvalue weighted by atomic mass is 16.5. The van der Waals surface area contributed by atoms with Crippen molar-refractivity contribution in [3.8, 4) is 0 Å². The molecule has 0 heterocycles. The lowest BCUT2D eigenvalue weighted by molar-refractivity contribution is 0.0600. The van der Waals surface area contributed by atoms with Crippen LogP contribution in [0.4, 0.5) is 0 Å². The molecule has 24 heavy (non-hydrogen) atoms. The molecule has 0 aromatic heterocycles. The van der Waals surface area contributed by atoms with Gasteiger partial charge in [-0.1, -0.05) is 36.4 Å². The number of hydrogen-bond donors (Lipinski definition) is 2. The van der Waals surface area contributed by atoms with Gasteiger partial charge in [0.1, 0.15) is 0 Å². The average Bonchev–Trinajstić information content (AvgIpc) is 2.65. The summed E-state index contributed by atoms with van der Waals surface area (Å²) in [4.78, 5) is 23.6. The third-order valence-electron chi connectivity index (χ3n) is 3.53. The predicted molar refractivity (Wildman–Crippen MR) is 92.4 cm³/mol. The van der Waals surface area contributed by atoms with E-state index in [0.717, 1.165) is 5.56 Å². The van der Waals surface area contributed by atoms with E-state index >= 15 is 0 Å². The first-order valence-electron chi connectivity index (χ1n) is 7.55. The van der Waals surface area contributed by atoms with Gasteiger partial charge < -0.3 is 4.74 Å². The molecule has 0 aliphatic heterocycles. The number of amides is 1. The van der Waals surface area contributed by atoms with Crippen molar-refractivity contribution in [3.05, 3.63) is 83.9 Å². The van der Waals surface area contributed by atoms with Crippen LogP contribution in [-0.4, -0.2) is 19.0 Å². The molecule has 1 amide bonds. The molecule has 0 fully saturated rings. The largest absolute Gasteiger partial charge is 0.465 e. The van der Waals surface area contributed by atoms with E-state index in [1.54, 1.807) is 30.3 Å². The van der Waals surface area contributed by atoms with Crippen LogP contribution in [0.1, 0.15) is 38.7 Å². The number of esters is 1. The smallest absolute Gasteiger partial charge is 0.337 e. The Labute approximate surface area is 141 Å². The third-order valence-corrected chi connectivity index (χ3v) is 3.53. The SMILES string of the molecule is C=CCC(NNC(=O)c1ccccc1)c1ccc(C(=O)OC)cc1. The minimum absolute atomic E-state index is 0.151. The van der Waals surface area contributed by atoms with Gasteiger partial charge in [-0.05, 0) is 36.2 Å². The van der Waals surface area contributed by atoms with Crippen LogP contribution >= 0.6 is 0 Å². The molecule has 0 spiro atoms. The number of methoxy groups -OCH3 is 1. The summed E-state index contributed by atoms with van der Waals surface area (Å²) in [5.74, 6) is -0.594. The fraction of sp³-hybridized carbons (Fsp3) is 0.158. The lowest BCUT2D eigenvalue weighted by atomic mass is 10.0. The molecule has 1 unspecified atom stereocenters. The van der Waals surface area contributed by atoms with E-state index in [1.165, 1.54) is 7.11 Å².